The van der Waals surface area contributed by atoms with Crippen molar-refractivity contribution in [2.75, 3.05) is 13.7 Å². The molecule has 1 aromatic rings. The van der Waals surface area contributed by atoms with E-state index in [1.54, 1.807) is 58.9 Å². The van der Waals surface area contributed by atoms with Gasteiger partial charge in [0, 0.05) is 11.4 Å². The maximum atomic E-state index is 12.7. The Hall–Kier alpha value is -3.09. The maximum absolute atomic E-state index is 12.7. The third kappa shape index (κ3) is 4.85. The largest absolute Gasteiger partial charge is 0.466 e. The Balaban J connectivity index is 2.60. The van der Waals surface area contributed by atoms with Crippen LogP contribution in [-0.2, 0) is 23.9 Å². The second kappa shape index (κ2) is 9.41. The fourth-order valence-electron chi connectivity index (χ4n) is 3.18. The van der Waals surface area contributed by atoms with E-state index in [0.29, 0.717) is 33.9 Å². The number of esters is 3. The van der Waals surface area contributed by atoms with Gasteiger partial charge in [0.05, 0.1) is 36.7 Å². The van der Waals surface area contributed by atoms with E-state index in [-0.39, 0.29) is 18.5 Å². The molecule has 7 heteroatoms. The SMILES string of the molecule is CCOC(=O)C1=C(C)NC(C)=C(C(=O)OC)C1c1cccc(OC(=O)C(C)C)c1. The lowest BCUT2D eigenvalue weighted by atomic mass is 9.80. The van der Waals surface area contributed by atoms with Gasteiger partial charge in [-0.2, -0.15) is 0 Å². The van der Waals surface area contributed by atoms with Gasteiger partial charge in [-0.05, 0) is 38.5 Å². The minimum Gasteiger partial charge on any atom is -0.466 e. The first-order valence-corrected chi connectivity index (χ1v) is 9.46. The van der Waals surface area contributed by atoms with Crippen molar-refractivity contribution in [1.29, 1.82) is 0 Å². The molecule has 1 heterocycles. The van der Waals surface area contributed by atoms with Gasteiger partial charge in [-0.1, -0.05) is 26.0 Å². The fourth-order valence-corrected chi connectivity index (χ4v) is 3.18. The number of methoxy groups -OCH3 is 1. The van der Waals surface area contributed by atoms with Gasteiger partial charge in [0.15, 0.2) is 0 Å². The minimum atomic E-state index is -0.722. The summed E-state index contributed by atoms with van der Waals surface area (Å²) < 4.78 is 15.6. The van der Waals surface area contributed by atoms with Gasteiger partial charge < -0.3 is 19.5 Å². The molecule has 0 bridgehead atoms. The van der Waals surface area contributed by atoms with Gasteiger partial charge >= 0.3 is 17.9 Å². The summed E-state index contributed by atoms with van der Waals surface area (Å²) >= 11 is 0. The van der Waals surface area contributed by atoms with Crippen LogP contribution in [0.1, 0.15) is 46.1 Å². The van der Waals surface area contributed by atoms with Gasteiger partial charge in [-0.15, -0.1) is 0 Å². The van der Waals surface area contributed by atoms with Crippen molar-refractivity contribution < 1.29 is 28.6 Å². The van der Waals surface area contributed by atoms with Gasteiger partial charge in [0.25, 0.3) is 0 Å². The van der Waals surface area contributed by atoms with Crippen molar-refractivity contribution in [3.05, 3.63) is 52.4 Å². The molecule has 1 N–H and O–H groups in total. The Bertz CT molecular complexity index is 881. The van der Waals surface area contributed by atoms with Crippen LogP contribution in [0.4, 0.5) is 0 Å². The van der Waals surface area contributed by atoms with E-state index in [2.05, 4.69) is 5.32 Å². The molecular formula is C22H27NO6. The van der Waals surface area contributed by atoms with Gasteiger partial charge in [0.2, 0.25) is 0 Å². The Morgan fingerprint density at radius 1 is 1.07 bits per heavy atom. The highest BCUT2D eigenvalue weighted by Crippen LogP contribution is 2.40. The van der Waals surface area contributed by atoms with Crippen molar-refractivity contribution in [1.82, 2.24) is 5.32 Å². The second-order valence-electron chi connectivity index (χ2n) is 7.00. The minimum absolute atomic E-state index is 0.199. The molecule has 0 radical (unpaired) electrons. The summed E-state index contributed by atoms with van der Waals surface area (Å²) in [6.45, 7) is 8.89. The van der Waals surface area contributed by atoms with E-state index < -0.39 is 17.9 Å². The highest BCUT2D eigenvalue weighted by Gasteiger charge is 2.37. The second-order valence-corrected chi connectivity index (χ2v) is 7.00. The monoisotopic (exact) mass is 401 g/mol. The lowest BCUT2D eigenvalue weighted by Crippen LogP contribution is -2.32. The number of hydrogen-bond donors (Lipinski definition) is 1. The predicted molar refractivity (Wildman–Crippen MR) is 107 cm³/mol. The third-order valence-corrected chi connectivity index (χ3v) is 4.54. The van der Waals surface area contributed by atoms with E-state index >= 15 is 0 Å². The van der Waals surface area contributed by atoms with Crippen LogP contribution in [0.15, 0.2) is 46.8 Å². The third-order valence-electron chi connectivity index (χ3n) is 4.54. The Labute approximate surface area is 170 Å². The normalized spacial score (nSPS) is 16.4. The summed E-state index contributed by atoms with van der Waals surface area (Å²) in [5, 5.41) is 3.07. The zero-order chi connectivity index (χ0) is 21.7. The standard InChI is InChI=1S/C22H27NO6/c1-7-28-22(26)18-14(5)23-13(4)17(21(25)27-6)19(18)15-9-8-10-16(11-15)29-20(24)12(2)3/h8-12,19,23H,7H2,1-6H3. The van der Waals surface area contributed by atoms with Crippen LogP contribution in [0.3, 0.4) is 0 Å². The molecule has 1 aromatic carbocycles. The summed E-state index contributed by atoms with van der Waals surface area (Å²) in [5.74, 6) is -2.13. The number of benzene rings is 1. The van der Waals surface area contributed by atoms with Crippen molar-refractivity contribution in [3.63, 3.8) is 0 Å². The van der Waals surface area contributed by atoms with Crippen LogP contribution in [0, 0.1) is 5.92 Å². The number of nitrogens with one attached hydrogen (secondary N) is 1. The van der Waals surface area contributed by atoms with Crippen molar-refractivity contribution in [3.8, 4) is 5.75 Å². The quantitative estimate of drug-likeness (QED) is 0.578. The first kappa shape index (κ1) is 22.2. The molecule has 0 aliphatic carbocycles. The Morgan fingerprint density at radius 3 is 2.24 bits per heavy atom. The molecule has 0 saturated carbocycles. The molecule has 7 nitrogen and oxygen atoms in total. The van der Waals surface area contributed by atoms with Crippen LogP contribution in [0.5, 0.6) is 5.75 Å². The zero-order valence-corrected chi connectivity index (χ0v) is 17.6. The Kier molecular flexibility index (Phi) is 7.20. The average molecular weight is 401 g/mol. The molecule has 0 fully saturated rings. The summed E-state index contributed by atoms with van der Waals surface area (Å²) in [6.07, 6.45) is 0. The molecule has 29 heavy (non-hydrogen) atoms. The molecule has 0 amide bonds. The fraction of sp³-hybridized carbons (Fsp3) is 0.409. The summed E-state index contributed by atoms with van der Waals surface area (Å²) in [4.78, 5) is 37.3. The number of hydrogen-bond acceptors (Lipinski definition) is 7. The highest BCUT2D eigenvalue weighted by molar-refractivity contribution is 5.99. The first-order valence-electron chi connectivity index (χ1n) is 9.46. The summed E-state index contributed by atoms with van der Waals surface area (Å²) in [5.41, 5.74) is 2.39. The van der Waals surface area contributed by atoms with E-state index in [0.717, 1.165) is 0 Å². The molecule has 1 atom stereocenters. The topological polar surface area (TPSA) is 90.9 Å². The first-order chi connectivity index (χ1) is 13.7. The molecule has 1 unspecified atom stereocenters. The van der Waals surface area contributed by atoms with E-state index in [1.165, 1.54) is 7.11 Å². The number of carbonyl (C=O) groups excluding carboxylic acids is 3. The van der Waals surface area contributed by atoms with E-state index in [4.69, 9.17) is 14.2 Å². The number of ether oxygens (including phenoxy) is 3. The van der Waals surface area contributed by atoms with E-state index in [1.807, 2.05) is 0 Å². The number of dihydropyridines is 1. The van der Waals surface area contributed by atoms with Crippen LogP contribution in [0.2, 0.25) is 0 Å². The van der Waals surface area contributed by atoms with Gasteiger partial charge in [0.1, 0.15) is 5.75 Å². The summed E-state index contributed by atoms with van der Waals surface area (Å²) in [7, 11) is 1.29. The zero-order valence-electron chi connectivity index (χ0n) is 17.6. The van der Waals surface area contributed by atoms with E-state index in [9.17, 15) is 14.4 Å². The molecule has 0 spiro atoms. The molecule has 1 aliphatic heterocycles. The molecule has 156 valence electrons. The number of carbonyl (C=O) groups is 3. The predicted octanol–water partition coefficient (Wildman–Crippen LogP) is 3.22. The highest BCUT2D eigenvalue weighted by atomic mass is 16.5. The van der Waals surface area contributed by atoms with Crippen molar-refractivity contribution in [2.45, 2.75) is 40.5 Å². The lowest BCUT2D eigenvalue weighted by Gasteiger charge is -2.30. The average Bonchev–Trinajstić information content (AvgIpc) is 2.67. The Morgan fingerprint density at radius 2 is 1.69 bits per heavy atom. The van der Waals surface area contributed by atoms with Crippen molar-refractivity contribution >= 4 is 17.9 Å². The van der Waals surface area contributed by atoms with Crippen LogP contribution >= 0.6 is 0 Å². The lowest BCUT2D eigenvalue weighted by molar-refractivity contribution is -0.139. The van der Waals surface area contributed by atoms with Gasteiger partial charge in [-0.25, -0.2) is 9.59 Å². The van der Waals surface area contributed by atoms with Crippen molar-refractivity contribution in [2.24, 2.45) is 5.92 Å². The maximum Gasteiger partial charge on any atom is 0.336 e. The van der Waals surface area contributed by atoms with Crippen LogP contribution in [0.25, 0.3) is 0 Å². The molecule has 1 aliphatic rings. The molecular weight excluding hydrogens is 374 g/mol. The number of allylic oxidation sites excluding steroid dienone is 2. The molecule has 2 rings (SSSR count). The van der Waals surface area contributed by atoms with Crippen LogP contribution in [-0.4, -0.2) is 31.6 Å². The summed E-state index contributed by atoms with van der Waals surface area (Å²) in [6, 6.07) is 6.78. The molecule has 0 aromatic heterocycles. The molecule has 0 saturated heterocycles. The smallest absolute Gasteiger partial charge is 0.336 e. The number of rotatable bonds is 6. The van der Waals surface area contributed by atoms with Gasteiger partial charge in [-0.3, -0.25) is 4.79 Å². The van der Waals surface area contributed by atoms with Crippen LogP contribution < -0.4 is 10.1 Å².